The molecular formula is C14H22OSSi. The van der Waals surface area contributed by atoms with E-state index >= 15 is 0 Å². The number of hydrogen-bond acceptors (Lipinski definition) is 2. The molecule has 1 aromatic rings. The normalized spacial score (nSPS) is 18.8. The molecule has 0 N–H and O–H groups in total. The number of rotatable bonds is 5. The fraction of sp³-hybridized carbons (Fsp3) is 0.571. The maximum atomic E-state index is 5.30. The molecule has 0 aliphatic carbocycles. The van der Waals surface area contributed by atoms with Gasteiger partial charge in [0.05, 0.1) is 21.3 Å². The molecule has 0 bridgehead atoms. The Morgan fingerprint density at radius 3 is 2.35 bits per heavy atom. The van der Waals surface area contributed by atoms with Gasteiger partial charge in [-0.3, -0.25) is 0 Å². The van der Waals surface area contributed by atoms with Gasteiger partial charge in [-0.2, -0.15) is 0 Å². The SMILES string of the molecule is C[Si](C)(C)C(CC1COC1)Sc1ccccc1. The minimum Gasteiger partial charge on any atom is -0.381 e. The zero-order valence-corrected chi connectivity index (χ0v) is 12.8. The van der Waals surface area contributed by atoms with E-state index in [0.717, 1.165) is 24.0 Å². The van der Waals surface area contributed by atoms with Gasteiger partial charge in [-0.25, -0.2) is 0 Å². The van der Waals surface area contributed by atoms with Crippen molar-refractivity contribution in [2.75, 3.05) is 13.2 Å². The van der Waals surface area contributed by atoms with Gasteiger partial charge in [-0.15, -0.1) is 11.8 Å². The number of ether oxygens (including phenoxy) is 1. The van der Waals surface area contributed by atoms with Crippen molar-refractivity contribution in [3.05, 3.63) is 30.3 Å². The van der Waals surface area contributed by atoms with E-state index in [4.69, 9.17) is 4.74 Å². The van der Waals surface area contributed by atoms with Crippen LogP contribution in [0, 0.1) is 5.92 Å². The van der Waals surface area contributed by atoms with Crippen LogP contribution in [0.4, 0.5) is 0 Å². The molecule has 1 aliphatic heterocycles. The van der Waals surface area contributed by atoms with Crippen molar-refractivity contribution in [3.8, 4) is 0 Å². The van der Waals surface area contributed by atoms with Crippen LogP contribution in [0.3, 0.4) is 0 Å². The zero-order valence-electron chi connectivity index (χ0n) is 11.0. The Morgan fingerprint density at radius 1 is 1.24 bits per heavy atom. The lowest BCUT2D eigenvalue weighted by Gasteiger charge is -2.35. The summed E-state index contributed by atoms with van der Waals surface area (Å²) in [5, 5.41) is 0. The first-order chi connectivity index (χ1) is 8.05. The van der Waals surface area contributed by atoms with Gasteiger partial charge in [0.2, 0.25) is 0 Å². The highest BCUT2D eigenvalue weighted by Gasteiger charge is 2.32. The molecule has 1 aromatic carbocycles. The van der Waals surface area contributed by atoms with Crippen molar-refractivity contribution < 1.29 is 4.74 Å². The Morgan fingerprint density at radius 2 is 1.88 bits per heavy atom. The Kier molecular flexibility index (Phi) is 4.34. The summed E-state index contributed by atoms with van der Waals surface area (Å²) in [6.07, 6.45) is 1.33. The number of hydrogen-bond donors (Lipinski definition) is 0. The van der Waals surface area contributed by atoms with Crippen LogP contribution in [-0.4, -0.2) is 26.2 Å². The minimum atomic E-state index is -1.11. The third-order valence-electron chi connectivity index (χ3n) is 3.24. The van der Waals surface area contributed by atoms with E-state index in [1.807, 2.05) is 0 Å². The molecule has 0 amide bonds. The summed E-state index contributed by atoms with van der Waals surface area (Å²) in [5.41, 5.74) is 0. The highest BCUT2D eigenvalue weighted by Crippen LogP contribution is 2.35. The van der Waals surface area contributed by atoms with Gasteiger partial charge in [0.15, 0.2) is 0 Å². The van der Waals surface area contributed by atoms with Gasteiger partial charge in [0.25, 0.3) is 0 Å². The van der Waals surface area contributed by atoms with Crippen molar-refractivity contribution >= 4 is 19.8 Å². The van der Waals surface area contributed by atoms with E-state index < -0.39 is 8.07 Å². The van der Waals surface area contributed by atoms with Crippen LogP contribution in [0.5, 0.6) is 0 Å². The van der Waals surface area contributed by atoms with E-state index in [1.54, 1.807) is 0 Å². The average molecular weight is 266 g/mol. The number of benzene rings is 1. The van der Waals surface area contributed by atoms with Crippen LogP contribution in [0.2, 0.25) is 19.6 Å². The summed E-state index contributed by atoms with van der Waals surface area (Å²) < 4.78 is 5.30. The third-order valence-corrected chi connectivity index (χ3v) is 8.91. The summed E-state index contributed by atoms with van der Waals surface area (Å²) in [6.45, 7) is 9.40. The molecule has 1 unspecified atom stereocenters. The van der Waals surface area contributed by atoms with Crippen molar-refractivity contribution in [1.82, 2.24) is 0 Å². The maximum Gasteiger partial charge on any atom is 0.0592 e. The monoisotopic (exact) mass is 266 g/mol. The first-order valence-corrected chi connectivity index (χ1v) is 10.8. The topological polar surface area (TPSA) is 9.23 Å². The maximum absolute atomic E-state index is 5.30. The Hall–Kier alpha value is -0.253. The quantitative estimate of drug-likeness (QED) is 0.587. The number of thioether (sulfide) groups is 1. The van der Waals surface area contributed by atoms with Crippen LogP contribution >= 0.6 is 11.8 Å². The predicted molar refractivity (Wildman–Crippen MR) is 78.4 cm³/mol. The van der Waals surface area contributed by atoms with E-state index in [0.29, 0.717) is 0 Å². The van der Waals surface area contributed by atoms with E-state index in [1.165, 1.54) is 11.3 Å². The van der Waals surface area contributed by atoms with E-state index in [2.05, 4.69) is 61.7 Å². The summed E-state index contributed by atoms with van der Waals surface area (Å²) in [7, 11) is -1.11. The Labute approximate surface area is 110 Å². The van der Waals surface area contributed by atoms with Crippen LogP contribution in [-0.2, 0) is 4.74 Å². The second-order valence-electron chi connectivity index (χ2n) is 5.92. The van der Waals surface area contributed by atoms with Gasteiger partial charge in [-0.05, 0) is 18.6 Å². The fourth-order valence-corrected chi connectivity index (χ4v) is 5.84. The molecular weight excluding hydrogens is 244 g/mol. The molecule has 3 heteroatoms. The molecule has 1 heterocycles. The second-order valence-corrected chi connectivity index (χ2v) is 13.0. The molecule has 1 saturated heterocycles. The molecule has 94 valence electrons. The molecule has 1 atom stereocenters. The summed E-state index contributed by atoms with van der Waals surface area (Å²) in [5.74, 6) is 0.808. The first-order valence-electron chi connectivity index (χ1n) is 6.35. The third kappa shape index (κ3) is 3.87. The largest absolute Gasteiger partial charge is 0.381 e. The highest BCUT2D eigenvalue weighted by atomic mass is 32.2. The van der Waals surface area contributed by atoms with Gasteiger partial charge in [0.1, 0.15) is 0 Å². The van der Waals surface area contributed by atoms with Gasteiger partial charge >= 0.3 is 0 Å². The average Bonchev–Trinajstić information content (AvgIpc) is 2.21. The van der Waals surface area contributed by atoms with Crippen LogP contribution in [0.15, 0.2) is 35.2 Å². The summed E-state index contributed by atoms with van der Waals surface area (Å²) in [4.78, 5) is 2.22. The van der Waals surface area contributed by atoms with Crippen LogP contribution < -0.4 is 0 Å². The lowest BCUT2D eigenvalue weighted by molar-refractivity contribution is -0.0338. The van der Waals surface area contributed by atoms with Crippen molar-refractivity contribution in [2.45, 2.75) is 35.8 Å². The van der Waals surface area contributed by atoms with Crippen molar-refractivity contribution in [3.63, 3.8) is 0 Å². The molecule has 1 fully saturated rings. The molecule has 17 heavy (non-hydrogen) atoms. The Balaban J connectivity index is 2.00. The molecule has 1 nitrogen and oxygen atoms in total. The molecule has 0 saturated carbocycles. The van der Waals surface area contributed by atoms with Crippen molar-refractivity contribution in [1.29, 1.82) is 0 Å². The first kappa shape index (κ1) is 13.2. The smallest absolute Gasteiger partial charge is 0.0592 e. The Bertz CT molecular complexity index is 343. The molecule has 1 aliphatic rings. The lowest BCUT2D eigenvalue weighted by atomic mass is 10.1. The van der Waals surface area contributed by atoms with E-state index in [9.17, 15) is 0 Å². The minimum absolute atomic E-state index is 0.804. The fourth-order valence-electron chi connectivity index (χ4n) is 1.97. The lowest BCUT2D eigenvalue weighted by Crippen LogP contribution is -2.41. The van der Waals surface area contributed by atoms with E-state index in [-0.39, 0.29) is 0 Å². The molecule has 0 spiro atoms. The van der Waals surface area contributed by atoms with Crippen LogP contribution in [0.25, 0.3) is 0 Å². The summed E-state index contributed by atoms with van der Waals surface area (Å²) in [6, 6.07) is 10.8. The highest BCUT2D eigenvalue weighted by molar-refractivity contribution is 8.01. The standard InChI is InChI=1S/C14H22OSSi/c1-17(2,3)14(9-12-10-15-11-12)16-13-7-5-4-6-8-13/h4-8,12,14H,9-11H2,1-3H3. The molecule has 2 rings (SSSR count). The zero-order chi connectivity index (χ0) is 12.3. The molecule has 0 aromatic heterocycles. The second kappa shape index (κ2) is 5.59. The van der Waals surface area contributed by atoms with Crippen molar-refractivity contribution in [2.24, 2.45) is 5.92 Å². The van der Waals surface area contributed by atoms with Gasteiger partial charge in [-0.1, -0.05) is 37.8 Å². The van der Waals surface area contributed by atoms with Gasteiger partial charge in [0, 0.05) is 15.7 Å². The predicted octanol–water partition coefficient (Wildman–Crippen LogP) is 4.06. The van der Waals surface area contributed by atoms with Gasteiger partial charge < -0.3 is 4.74 Å². The molecule has 0 radical (unpaired) electrons. The van der Waals surface area contributed by atoms with Crippen LogP contribution in [0.1, 0.15) is 6.42 Å². The summed E-state index contributed by atoms with van der Waals surface area (Å²) >= 11 is 2.08.